The Morgan fingerprint density at radius 2 is 1.77 bits per heavy atom. The van der Waals surface area contributed by atoms with E-state index < -0.39 is 21.9 Å². The Morgan fingerprint density at radius 1 is 1.07 bits per heavy atom. The molecular formula is C22H26N2O5S. The monoisotopic (exact) mass is 430 g/mol. The van der Waals surface area contributed by atoms with Gasteiger partial charge < -0.3 is 10.1 Å². The van der Waals surface area contributed by atoms with Crippen LogP contribution in [-0.4, -0.2) is 44.3 Å². The van der Waals surface area contributed by atoms with Crippen LogP contribution >= 0.6 is 0 Å². The molecule has 0 spiro atoms. The van der Waals surface area contributed by atoms with E-state index in [0.717, 1.165) is 19.3 Å². The number of benzene rings is 2. The molecule has 0 aromatic heterocycles. The van der Waals surface area contributed by atoms with Crippen molar-refractivity contribution in [1.82, 2.24) is 4.31 Å². The number of esters is 1. The molecule has 3 rings (SSSR count). The molecule has 0 radical (unpaired) electrons. The molecular weight excluding hydrogens is 404 g/mol. The van der Waals surface area contributed by atoms with Crippen LogP contribution in [0.1, 0.15) is 52.5 Å². The molecule has 0 aliphatic carbocycles. The molecule has 1 amide bonds. The third-order valence-corrected chi connectivity index (χ3v) is 7.09. The van der Waals surface area contributed by atoms with Crippen molar-refractivity contribution in [3.05, 3.63) is 59.2 Å². The third-order valence-electron chi connectivity index (χ3n) is 5.05. The first-order valence-corrected chi connectivity index (χ1v) is 11.5. The first-order chi connectivity index (χ1) is 14.3. The Morgan fingerprint density at radius 3 is 2.47 bits per heavy atom. The zero-order chi connectivity index (χ0) is 21.7. The van der Waals surface area contributed by atoms with Gasteiger partial charge >= 0.3 is 5.97 Å². The molecule has 0 saturated carbocycles. The summed E-state index contributed by atoms with van der Waals surface area (Å²) in [6.45, 7) is 4.62. The largest absolute Gasteiger partial charge is 0.462 e. The number of nitrogens with one attached hydrogen (secondary N) is 1. The first kappa shape index (κ1) is 22.0. The van der Waals surface area contributed by atoms with Gasteiger partial charge in [0.05, 0.1) is 22.8 Å². The highest BCUT2D eigenvalue weighted by Crippen LogP contribution is 2.25. The average Bonchev–Trinajstić information content (AvgIpc) is 2.75. The number of hydrogen-bond acceptors (Lipinski definition) is 5. The molecule has 1 fully saturated rings. The number of amides is 1. The van der Waals surface area contributed by atoms with E-state index in [1.807, 2.05) is 0 Å². The topological polar surface area (TPSA) is 92.8 Å². The van der Waals surface area contributed by atoms with Gasteiger partial charge in [0.1, 0.15) is 0 Å². The number of sulfonamides is 1. The first-order valence-electron chi connectivity index (χ1n) is 10.0. The number of rotatable bonds is 6. The lowest BCUT2D eigenvalue weighted by Crippen LogP contribution is -2.36. The van der Waals surface area contributed by atoms with Crippen molar-refractivity contribution in [2.24, 2.45) is 0 Å². The van der Waals surface area contributed by atoms with Gasteiger partial charge in [0.15, 0.2) is 0 Å². The zero-order valence-electron chi connectivity index (χ0n) is 17.2. The van der Waals surface area contributed by atoms with E-state index in [9.17, 15) is 18.0 Å². The van der Waals surface area contributed by atoms with E-state index in [4.69, 9.17) is 4.74 Å². The van der Waals surface area contributed by atoms with E-state index in [0.29, 0.717) is 24.3 Å². The van der Waals surface area contributed by atoms with Gasteiger partial charge in [0, 0.05) is 18.7 Å². The molecule has 8 heteroatoms. The molecule has 1 saturated heterocycles. The van der Waals surface area contributed by atoms with Crippen LogP contribution < -0.4 is 5.32 Å². The zero-order valence-corrected chi connectivity index (χ0v) is 18.0. The SMILES string of the molecule is CCOC(=O)c1ccccc1NC(=O)c1ccc(C)c(S(=O)(=O)N2CCCCC2)c1. The molecule has 1 N–H and O–H groups in total. The lowest BCUT2D eigenvalue weighted by atomic mass is 10.1. The molecule has 1 heterocycles. The highest BCUT2D eigenvalue weighted by molar-refractivity contribution is 7.89. The van der Waals surface area contributed by atoms with Gasteiger partial charge in [-0.2, -0.15) is 4.31 Å². The van der Waals surface area contributed by atoms with E-state index in [2.05, 4.69) is 5.32 Å². The third kappa shape index (κ3) is 4.71. The number of piperidine rings is 1. The van der Waals surface area contributed by atoms with E-state index in [-0.39, 0.29) is 22.6 Å². The predicted octanol–water partition coefficient (Wildman–Crippen LogP) is 3.60. The van der Waals surface area contributed by atoms with E-state index in [1.165, 1.54) is 10.4 Å². The maximum absolute atomic E-state index is 13.1. The maximum atomic E-state index is 13.1. The molecule has 7 nitrogen and oxygen atoms in total. The molecule has 1 aliphatic heterocycles. The Kier molecular flexibility index (Phi) is 6.89. The number of carbonyl (C=O) groups excluding carboxylic acids is 2. The van der Waals surface area contributed by atoms with Crippen molar-refractivity contribution in [2.45, 2.75) is 38.0 Å². The number of nitrogens with zero attached hydrogens (tertiary/aromatic N) is 1. The summed E-state index contributed by atoms with van der Waals surface area (Å²) in [5, 5.41) is 2.70. The number of ether oxygens (including phenoxy) is 1. The number of carbonyl (C=O) groups is 2. The van der Waals surface area contributed by atoms with Crippen LogP contribution in [0, 0.1) is 6.92 Å². The molecule has 1 aliphatic rings. The van der Waals surface area contributed by atoms with Gasteiger partial charge in [0.2, 0.25) is 10.0 Å². The van der Waals surface area contributed by atoms with Crippen molar-refractivity contribution in [3.63, 3.8) is 0 Å². The number of aryl methyl sites for hydroxylation is 1. The molecule has 30 heavy (non-hydrogen) atoms. The second kappa shape index (κ2) is 9.40. The second-order valence-electron chi connectivity index (χ2n) is 7.17. The molecule has 160 valence electrons. The quantitative estimate of drug-likeness (QED) is 0.707. The van der Waals surface area contributed by atoms with Crippen LogP contribution in [0.3, 0.4) is 0 Å². The Bertz CT molecular complexity index is 1040. The van der Waals surface area contributed by atoms with Crippen molar-refractivity contribution < 1.29 is 22.7 Å². The molecule has 0 unspecified atom stereocenters. The Balaban J connectivity index is 1.88. The highest BCUT2D eigenvalue weighted by atomic mass is 32.2. The van der Waals surface area contributed by atoms with Gasteiger partial charge in [-0.05, 0) is 56.5 Å². The minimum atomic E-state index is -3.67. The van der Waals surface area contributed by atoms with Crippen molar-refractivity contribution in [1.29, 1.82) is 0 Å². The minimum absolute atomic E-state index is 0.135. The smallest absolute Gasteiger partial charge is 0.340 e. The van der Waals surface area contributed by atoms with Gasteiger partial charge in [-0.1, -0.05) is 24.6 Å². The number of anilines is 1. The summed E-state index contributed by atoms with van der Waals surface area (Å²) in [7, 11) is -3.67. The van der Waals surface area contributed by atoms with Crippen LogP contribution in [0.15, 0.2) is 47.4 Å². The summed E-state index contributed by atoms with van der Waals surface area (Å²) in [4.78, 5) is 25.1. The fourth-order valence-corrected chi connectivity index (χ4v) is 5.20. The van der Waals surface area contributed by atoms with Crippen molar-refractivity contribution >= 4 is 27.6 Å². The van der Waals surface area contributed by atoms with Crippen LogP contribution in [0.4, 0.5) is 5.69 Å². The highest BCUT2D eigenvalue weighted by Gasteiger charge is 2.28. The number of hydrogen-bond donors (Lipinski definition) is 1. The summed E-state index contributed by atoms with van der Waals surface area (Å²) in [6.07, 6.45) is 2.69. The van der Waals surface area contributed by atoms with Gasteiger partial charge in [0.25, 0.3) is 5.91 Å². The van der Waals surface area contributed by atoms with Crippen LogP contribution in [0.2, 0.25) is 0 Å². The summed E-state index contributed by atoms with van der Waals surface area (Å²) in [5.41, 5.74) is 1.34. The molecule has 2 aromatic rings. The van der Waals surface area contributed by atoms with Crippen LogP contribution in [0.5, 0.6) is 0 Å². The summed E-state index contributed by atoms with van der Waals surface area (Å²) >= 11 is 0. The van der Waals surface area contributed by atoms with Gasteiger partial charge in [-0.15, -0.1) is 0 Å². The lowest BCUT2D eigenvalue weighted by Gasteiger charge is -2.26. The summed E-state index contributed by atoms with van der Waals surface area (Å²) in [6, 6.07) is 11.1. The molecule has 2 aromatic carbocycles. The fraction of sp³-hybridized carbons (Fsp3) is 0.364. The second-order valence-corrected chi connectivity index (χ2v) is 9.07. The summed E-state index contributed by atoms with van der Waals surface area (Å²) < 4.78 is 32.7. The van der Waals surface area contributed by atoms with E-state index in [1.54, 1.807) is 50.2 Å². The predicted molar refractivity (Wildman–Crippen MR) is 114 cm³/mol. The van der Waals surface area contributed by atoms with Crippen LogP contribution in [0.25, 0.3) is 0 Å². The normalized spacial score (nSPS) is 14.9. The standard InChI is InChI=1S/C22H26N2O5S/c1-3-29-22(26)18-9-5-6-10-19(18)23-21(25)17-12-11-16(2)20(15-17)30(27,28)24-13-7-4-8-14-24/h5-6,9-12,15H,3-4,7-8,13-14H2,1-2H3,(H,23,25). The Hall–Kier alpha value is -2.71. The van der Waals surface area contributed by atoms with Crippen molar-refractivity contribution in [2.75, 3.05) is 25.0 Å². The number of para-hydroxylation sites is 1. The molecule has 0 bridgehead atoms. The lowest BCUT2D eigenvalue weighted by molar-refractivity contribution is 0.0527. The fourth-order valence-electron chi connectivity index (χ4n) is 3.44. The minimum Gasteiger partial charge on any atom is -0.462 e. The van der Waals surface area contributed by atoms with Crippen LogP contribution in [-0.2, 0) is 14.8 Å². The van der Waals surface area contributed by atoms with Gasteiger partial charge in [-0.3, -0.25) is 4.79 Å². The van der Waals surface area contributed by atoms with E-state index >= 15 is 0 Å². The van der Waals surface area contributed by atoms with Gasteiger partial charge in [-0.25, -0.2) is 13.2 Å². The maximum Gasteiger partial charge on any atom is 0.340 e. The molecule has 0 atom stereocenters. The Labute approximate surface area is 177 Å². The van der Waals surface area contributed by atoms with Crippen molar-refractivity contribution in [3.8, 4) is 0 Å². The summed E-state index contributed by atoms with van der Waals surface area (Å²) in [5.74, 6) is -1.03. The average molecular weight is 431 g/mol.